The number of rotatable bonds is 6. The summed E-state index contributed by atoms with van der Waals surface area (Å²) in [4.78, 5) is 0. The van der Waals surface area contributed by atoms with E-state index < -0.39 is 12.8 Å². The zero-order chi connectivity index (χ0) is 12.9. The molecule has 1 aromatic heterocycles. The number of aromatic nitrogens is 1. The topological polar surface area (TPSA) is 40.2 Å². The summed E-state index contributed by atoms with van der Waals surface area (Å²) < 4.78 is 41.9. The molecule has 17 heavy (non-hydrogen) atoms. The fourth-order valence-electron chi connectivity index (χ4n) is 1.43. The van der Waals surface area contributed by atoms with Gasteiger partial charge in [0.05, 0.1) is 0 Å². The molecule has 1 atom stereocenters. The molecule has 2 N–H and O–H groups in total. The van der Waals surface area contributed by atoms with Crippen molar-refractivity contribution in [1.82, 2.24) is 4.57 Å². The average molecular weight is 250 g/mol. The van der Waals surface area contributed by atoms with Gasteiger partial charge in [-0.05, 0) is 18.6 Å². The Kier molecular flexibility index (Phi) is 5.02. The molecule has 1 rings (SSSR count). The normalized spacial score (nSPS) is 13.9. The molecule has 0 fully saturated rings. The quantitative estimate of drug-likeness (QED) is 0.841. The molecule has 0 aliphatic carbocycles. The second-order valence-electron chi connectivity index (χ2n) is 3.93. The fraction of sp³-hybridized carbons (Fsp3) is 0.636. The van der Waals surface area contributed by atoms with Gasteiger partial charge in [-0.3, -0.25) is 0 Å². The third-order valence-electron chi connectivity index (χ3n) is 2.42. The van der Waals surface area contributed by atoms with Crippen molar-refractivity contribution in [2.75, 3.05) is 6.61 Å². The van der Waals surface area contributed by atoms with E-state index in [1.54, 1.807) is 16.8 Å². The van der Waals surface area contributed by atoms with Gasteiger partial charge in [-0.1, -0.05) is 6.92 Å². The summed E-state index contributed by atoms with van der Waals surface area (Å²) in [5.74, 6) is 0. The largest absolute Gasteiger partial charge is 0.411 e. The third kappa shape index (κ3) is 5.23. The monoisotopic (exact) mass is 250 g/mol. The number of hydrogen-bond acceptors (Lipinski definition) is 2. The maximum absolute atomic E-state index is 11.9. The van der Waals surface area contributed by atoms with Crippen LogP contribution in [0.25, 0.3) is 0 Å². The van der Waals surface area contributed by atoms with E-state index in [1.165, 1.54) is 0 Å². The van der Waals surface area contributed by atoms with Gasteiger partial charge >= 0.3 is 6.18 Å². The van der Waals surface area contributed by atoms with Crippen LogP contribution in [-0.2, 0) is 17.9 Å². The van der Waals surface area contributed by atoms with Gasteiger partial charge in [0.25, 0.3) is 0 Å². The van der Waals surface area contributed by atoms with Crippen LogP contribution in [0.4, 0.5) is 13.2 Å². The highest BCUT2D eigenvalue weighted by Gasteiger charge is 2.27. The lowest BCUT2D eigenvalue weighted by atomic mass is 10.1. The lowest BCUT2D eigenvalue weighted by Gasteiger charge is -2.13. The van der Waals surface area contributed by atoms with Crippen molar-refractivity contribution in [3.63, 3.8) is 0 Å². The van der Waals surface area contributed by atoms with E-state index in [9.17, 15) is 13.2 Å². The van der Waals surface area contributed by atoms with Crippen LogP contribution in [0.3, 0.4) is 0 Å². The van der Waals surface area contributed by atoms with E-state index in [-0.39, 0.29) is 12.8 Å². The Morgan fingerprint density at radius 1 is 1.47 bits per heavy atom. The van der Waals surface area contributed by atoms with Crippen LogP contribution in [0.5, 0.6) is 0 Å². The van der Waals surface area contributed by atoms with Gasteiger partial charge in [-0.2, -0.15) is 13.2 Å². The van der Waals surface area contributed by atoms with Gasteiger partial charge in [-0.15, -0.1) is 0 Å². The minimum Gasteiger partial charge on any atom is -0.351 e. The van der Waals surface area contributed by atoms with E-state index >= 15 is 0 Å². The SMILES string of the molecule is CCC(N)Cc1cccn1COCC(F)(F)F. The van der Waals surface area contributed by atoms with E-state index in [4.69, 9.17) is 5.73 Å². The first-order valence-corrected chi connectivity index (χ1v) is 5.46. The molecule has 0 aliphatic heterocycles. The number of nitrogens with two attached hydrogens (primary N) is 1. The first kappa shape index (κ1) is 14.1. The number of alkyl halides is 3. The second kappa shape index (κ2) is 6.07. The molecule has 0 aromatic carbocycles. The summed E-state index contributed by atoms with van der Waals surface area (Å²) in [5.41, 5.74) is 6.69. The van der Waals surface area contributed by atoms with Gasteiger partial charge in [0.1, 0.15) is 13.3 Å². The van der Waals surface area contributed by atoms with Crippen LogP contribution in [0.15, 0.2) is 18.3 Å². The highest BCUT2D eigenvalue weighted by Crippen LogP contribution is 2.15. The standard InChI is InChI=1S/C11H17F3N2O/c1-2-9(15)6-10-4-3-5-16(10)8-17-7-11(12,13)14/h3-5,9H,2,6-8,15H2,1H3. The Hall–Kier alpha value is -1.01. The highest BCUT2D eigenvalue weighted by molar-refractivity contribution is 5.08. The average Bonchev–Trinajstić information content (AvgIpc) is 2.64. The van der Waals surface area contributed by atoms with Crippen molar-refractivity contribution in [2.45, 2.75) is 38.7 Å². The summed E-state index contributed by atoms with van der Waals surface area (Å²) in [6, 6.07) is 3.63. The zero-order valence-electron chi connectivity index (χ0n) is 9.70. The Morgan fingerprint density at radius 2 is 2.18 bits per heavy atom. The number of nitrogens with zero attached hydrogens (tertiary/aromatic N) is 1. The molecule has 0 bridgehead atoms. The molecule has 0 spiro atoms. The van der Waals surface area contributed by atoms with Crippen LogP contribution in [-0.4, -0.2) is 23.4 Å². The number of hydrogen-bond donors (Lipinski definition) is 1. The highest BCUT2D eigenvalue weighted by atomic mass is 19.4. The van der Waals surface area contributed by atoms with Crippen molar-refractivity contribution in [3.05, 3.63) is 24.0 Å². The minimum absolute atomic E-state index is 0.0197. The Bertz CT molecular complexity index is 336. The molecule has 1 heterocycles. The first-order valence-electron chi connectivity index (χ1n) is 5.46. The van der Waals surface area contributed by atoms with Crippen molar-refractivity contribution in [1.29, 1.82) is 0 Å². The molecule has 1 aromatic rings. The predicted molar refractivity (Wildman–Crippen MR) is 58.4 cm³/mol. The molecule has 3 nitrogen and oxygen atoms in total. The molecule has 0 radical (unpaired) electrons. The minimum atomic E-state index is -4.28. The van der Waals surface area contributed by atoms with Gasteiger partial charge in [-0.25, -0.2) is 0 Å². The summed E-state index contributed by atoms with van der Waals surface area (Å²) in [7, 11) is 0. The van der Waals surface area contributed by atoms with Crippen LogP contribution < -0.4 is 5.73 Å². The van der Waals surface area contributed by atoms with Crippen molar-refractivity contribution >= 4 is 0 Å². The van der Waals surface area contributed by atoms with E-state index in [2.05, 4.69) is 4.74 Å². The van der Waals surface area contributed by atoms with E-state index in [1.807, 2.05) is 13.0 Å². The van der Waals surface area contributed by atoms with E-state index in [0.29, 0.717) is 6.42 Å². The Balaban J connectivity index is 2.46. The van der Waals surface area contributed by atoms with Gasteiger partial charge in [0.15, 0.2) is 0 Å². The maximum Gasteiger partial charge on any atom is 0.411 e. The van der Waals surface area contributed by atoms with Gasteiger partial charge in [0.2, 0.25) is 0 Å². The molecule has 98 valence electrons. The molecule has 0 aliphatic rings. The summed E-state index contributed by atoms with van der Waals surface area (Å²) >= 11 is 0. The second-order valence-corrected chi connectivity index (χ2v) is 3.93. The maximum atomic E-state index is 11.9. The van der Waals surface area contributed by atoms with Crippen molar-refractivity contribution < 1.29 is 17.9 Å². The third-order valence-corrected chi connectivity index (χ3v) is 2.42. The first-order chi connectivity index (χ1) is 7.92. The van der Waals surface area contributed by atoms with Gasteiger partial charge in [0, 0.05) is 24.4 Å². The summed E-state index contributed by atoms with van der Waals surface area (Å²) in [6.45, 7) is 0.640. The molecule has 0 saturated heterocycles. The van der Waals surface area contributed by atoms with E-state index in [0.717, 1.165) is 12.1 Å². The molecule has 6 heteroatoms. The molecule has 1 unspecified atom stereocenters. The smallest absolute Gasteiger partial charge is 0.351 e. The molecule has 0 amide bonds. The molecule has 0 saturated carbocycles. The fourth-order valence-corrected chi connectivity index (χ4v) is 1.43. The number of halogens is 3. The predicted octanol–water partition coefficient (Wildman–Crippen LogP) is 2.30. The lowest BCUT2D eigenvalue weighted by molar-refractivity contribution is -0.182. The van der Waals surface area contributed by atoms with Crippen LogP contribution >= 0.6 is 0 Å². The van der Waals surface area contributed by atoms with Crippen LogP contribution in [0, 0.1) is 0 Å². The Morgan fingerprint density at radius 3 is 2.76 bits per heavy atom. The molecular formula is C11H17F3N2O. The Labute approximate surface area is 98.4 Å². The van der Waals surface area contributed by atoms with Crippen LogP contribution in [0.2, 0.25) is 0 Å². The van der Waals surface area contributed by atoms with Crippen molar-refractivity contribution in [2.24, 2.45) is 5.73 Å². The summed E-state index contributed by atoms with van der Waals surface area (Å²) in [5, 5.41) is 0. The summed E-state index contributed by atoms with van der Waals surface area (Å²) in [6.07, 6.45) is -1.13. The lowest BCUT2D eigenvalue weighted by Crippen LogP contribution is -2.24. The zero-order valence-corrected chi connectivity index (χ0v) is 9.70. The van der Waals surface area contributed by atoms with Gasteiger partial charge < -0.3 is 15.0 Å². The molecular weight excluding hydrogens is 233 g/mol. The van der Waals surface area contributed by atoms with Crippen LogP contribution in [0.1, 0.15) is 19.0 Å². The number of ether oxygens (including phenoxy) is 1. The van der Waals surface area contributed by atoms with Crippen molar-refractivity contribution in [3.8, 4) is 0 Å².